The SMILES string of the molecule is Cl.c1ccc2cc(CN3CCC4(CCNC4)C3)ccc2c1. The Morgan fingerprint density at radius 1 is 1.05 bits per heavy atom. The van der Waals surface area contributed by atoms with E-state index >= 15 is 0 Å². The molecule has 2 aromatic rings. The highest BCUT2D eigenvalue weighted by Crippen LogP contribution is 2.36. The average molecular weight is 303 g/mol. The van der Waals surface area contributed by atoms with Gasteiger partial charge in [-0.05, 0) is 53.7 Å². The van der Waals surface area contributed by atoms with Gasteiger partial charge in [0.15, 0.2) is 0 Å². The van der Waals surface area contributed by atoms with Crippen LogP contribution < -0.4 is 5.32 Å². The molecule has 4 rings (SSSR count). The number of fused-ring (bicyclic) bond motifs is 1. The molecule has 0 aromatic heterocycles. The van der Waals surface area contributed by atoms with Crippen molar-refractivity contribution < 1.29 is 0 Å². The van der Waals surface area contributed by atoms with Crippen LogP contribution in [0.4, 0.5) is 0 Å². The lowest BCUT2D eigenvalue weighted by Gasteiger charge is -2.23. The number of nitrogens with one attached hydrogen (secondary N) is 1. The Hall–Kier alpha value is -1.09. The largest absolute Gasteiger partial charge is 0.316 e. The van der Waals surface area contributed by atoms with E-state index in [1.54, 1.807) is 0 Å². The lowest BCUT2D eigenvalue weighted by Crippen LogP contribution is -2.28. The van der Waals surface area contributed by atoms with Gasteiger partial charge in [-0.1, -0.05) is 36.4 Å². The maximum absolute atomic E-state index is 3.54. The Bertz CT molecular complexity index is 619. The summed E-state index contributed by atoms with van der Waals surface area (Å²) in [6.07, 6.45) is 2.73. The van der Waals surface area contributed by atoms with Crippen LogP contribution >= 0.6 is 12.4 Å². The number of rotatable bonds is 2. The van der Waals surface area contributed by atoms with E-state index in [1.807, 2.05) is 0 Å². The molecule has 1 unspecified atom stereocenters. The molecule has 2 saturated heterocycles. The van der Waals surface area contributed by atoms with Crippen molar-refractivity contribution in [3.63, 3.8) is 0 Å². The second-order valence-electron chi connectivity index (χ2n) is 6.57. The molecular weight excluding hydrogens is 280 g/mol. The zero-order chi connectivity index (χ0) is 13.4. The Morgan fingerprint density at radius 3 is 2.71 bits per heavy atom. The average Bonchev–Trinajstić information content (AvgIpc) is 3.09. The van der Waals surface area contributed by atoms with Gasteiger partial charge in [-0.3, -0.25) is 4.90 Å². The molecule has 2 heterocycles. The third-order valence-corrected chi connectivity index (χ3v) is 5.07. The Balaban J connectivity index is 0.00000132. The third kappa shape index (κ3) is 2.94. The summed E-state index contributed by atoms with van der Waals surface area (Å²) in [5, 5.41) is 6.24. The summed E-state index contributed by atoms with van der Waals surface area (Å²) in [5.41, 5.74) is 2.03. The summed E-state index contributed by atoms with van der Waals surface area (Å²) in [6, 6.07) is 15.5. The number of hydrogen-bond acceptors (Lipinski definition) is 2. The van der Waals surface area contributed by atoms with Crippen LogP contribution in [-0.2, 0) is 6.54 Å². The summed E-state index contributed by atoms with van der Waals surface area (Å²) < 4.78 is 0. The van der Waals surface area contributed by atoms with Crippen molar-refractivity contribution in [3.05, 3.63) is 48.0 Å². The summed E-state index contributed by atoms with van der Waals surface area (Å²) in [5.74, 6) is 0. The minimum absolute atomic E-state index is 0. The van der Waals surface area contributed by atoms with Crippen LogP contribution in [0.25, 0.3) is 10.8 Å². The zero-order valence-electron chi connectivity index (χ0n) is 12.3. The molecule has 3 heteroatoms. The minimum atomic E-state index is 0. The molecule has 0 aliphatic carbocycles. The van der Waals surface area contributed by atoms with E-state index in [2.05, 4.69) is 52.7 Å². The first-order valence-electron chi connectivity index (χ1n) is 7.74. The molecule has 1 N–H and O–H groups in total. The fourth-order valence-corrected chi connectivity index (χ4v) is 3.90. The van der Waals surface area contributed by atoms with Crippen molar-refractivity contribution in [2.24, 2.45) is 5.41 Å². The van der Waals surface area contributed by atoms with Crippen LogP contribution in [0.1, 0.15) is 18.4 Å². The van der Waals surface area contributed by atoms with Crippen LogP contribution in [0.3, 0.4) is 0 Å². The lowest BCUT2D eigenvalue weighted by atomic mass is 9.86. The summed E-state index contributed by atoms with van der Waals surface area (Å²) in [4.78, 5) is 2.64. The molecule has 2 aliphatic rings. The first kappa shape index (κ1) is 14.8. The first-order valence-corrected chi connectivity index (χ1v) is 7.74. The standard InChI is InChI=1S/C18H22N2.ClH/c1-2-4-17-11-15(5-6-16(17)3-1)12-20-10-8-18(14-20)7-9-19-13-18;/h1-6,11,19H,7-10,12-14H2;1H. The van der Waals surface area contributed by atoms with Gasteiger partial charge in [0, 0.05) is 19.6 Å². The van der Waals surface area contributed by atoms with Crippen molar-refractivity contribution >= 4 is 23.2 Å². The van der Waals surface area contributed by atoms with Crippen LogP contribution in [0.2, 0.25) is 0 Å². The maximum Gasteiger partial charge on any atom is 0.0234 e. The quantitative estimate of drug-likeness (QED) is 0.914. The molecular formula is C18H23ClN2. The van der Waals surface area contributed by atoms with E-state index in [0.29, 0.717) is 5.41 Å². The van der Waals surface area contributed by atoms with E-state index < -0.39 is 0 Å². The van der Waals surface area contributed by atoms with Gasteiger partial charge in [0.2, 0.25) is 0 Å². The van der Waals surface area contributed by atoms with E-state index in [0.717, 1.165) is 6.54 Å². The molecule has 0 amide bonds. The Kier molecular flexibility index (Phi) is 4.21. The molecule has 1 atom stereocenters. The van der Waals surface area contributed by atoms with Gasteiger partial charge in [-0.2, -0.15) is 0 Å². The van der Waals surface area contributed by atoms with Gasteiger partial charge < -0.3 is 5.32 Å². The first-order chi connectivity index (χ1) is 9.83. The smallest absolute Gasteiger partial charge is 0.0234 e. The highest BCUT2D eigenvalue weighted by atomic mass is 35.5. The predicted molar refractivity (Wildman–Crippen MR) is 91.0 cm³/mol. The third-order valence-electron chi connectivity index (χ3n) is 5.07. The molecule has 0 bridgehead atoms. The molecule has 0 radical (unpaired) electrons. The topological polar surface area (TPSA) is 15.3 Å². The normalized spacial score (nSPS) is 25.5. The lowest BCUT2D eigenvalue weighted by molar-refractivity contribution is 0.269. The molecule has 2 nitrogen and oxygen atoms in total. The van der Waals surface area contributed by atoms with Crippen molar-refractivity contribution in [1.29, 1.82) is 0 Å². The summed E-state index contributed by atoms with van der Waals surface area (Å²) in [7, 11) is 0. The van der Waals surface area contributed by atoms with Crippen molar-refractivity contribution in [3.8, 4) is 0 Å². The predicted octanol–water partition coefficient (Wildman–Crippen LogP) is 3.45. The van der Waals surface area contributed by atoms with E-state index in [9.17, 15) is 0 Å². The second-order valence-corrected chi connectivity index (χ2v) is 6.57. The molecule has 0 saturated carbocycles. The van der Waals surface area contributed by atoms with Crippen molar-refractivity contribution in [1.82, 2.24) is 10.2 Å². The van der Waals surface area contributed by atoms with Crippen LogP contribution in [0.15, 0.2) is 42.5 Å². The summed E-state index contributed by atoms with van der Waals surface area (Å²) in [6.45, 7) is 6.07. The second kappa shape index (κ2) is 5.96. The van der Waals surface area contributed by atoms with Crippen LogP contribution in [0.5, 0.6) is 0 Å². The Labute approximate surface area is 132 Å². The number of likely N-dealkylation sites (tertiary alicyclic amines) is 1. The zero-order valence-corrected chi connectivity index (χ0v) is 13.2. The van der Waals surface area contributed by atoms with Gasteiger partial charge in [0.05, 0.1) is 0 Å². The van der Waals surface area contributed by atoms with E-state index in [-0.39, 0.29) is 12.4 Å². The maximum atomic E-state index is 3.54. The molecule has 2 aromatic carbocycles. The van der Waals surface area contributed by atoms with Crippen molar-refractivity contribution in [2.75, 3.05) is 26.2 Å². The van der Waals surface area contributed by atoms with Crippen LogP contribution in [-0.4, -0.2) is 31.1 Å². The summed E-state index contributed by atoms with van der Waals surface area (Å²) >= 11 is 0. The van der Waals surface area contributed by atoms with Crippen LogP contribution in [0, 0.1) is 5.41 Å². The van der Waals surface area contributed by atoms with Crippen molar-refractivity contribution in [2.45, 2.75) is 19.4 Å². The number of benzene rings is 2. The molecule has 112 valence electrons. The fourth-order valence-electron chi connectivity index (χ4n) is 3.90. The van der Waals surface area contributed by atoms with Gasteiger partial charge in [0.25, 0.3) is 0 Å². The highest BCUT2D eigenvalue weighted by molar-refractivity contribution is 5.85. The van der Waals surface area contributed by atoms with E-state index in [1.165, 1.54) is 55.4 Å². The molecule has 2 aliphatic heterocycles. The molecule has 2 fully saturated rings. The van der Waals surface area contributed by atoms with E-state index in [4.69, 9.17) is 0 Å². The van der Waals surface area contributed by atoms with Gasteiger partial charge >= 0.3 is 0 Å². The number of nitrogens with zero attached hydrogens (tertiary/aromatic N) is 1. The van der Waals surface area contributed by atoms with Gasteiger partial charge in [-0.15, -0.1) is 12.4 Å². The fraction of sp³-hybridized carbons (Fsp3) is 0.444. The highest BCUT2D eigenvalue weighted by Gasteiger charge is 2.39. The minimum Gasteiger partial charge on any atom is -0.316 e. The molecule has 21 heavy (non-hydrogen) atoms. The molecule has 1 spiro atoms. The van der Waals surface area contributed by atoms with Gasteiger partial charge in [0.1, 0.15) is 0 Å². The number of hydrogen-bond donors (Lipinski definition) is 1. The monoisotopic (exact) mass is 302 g/mol. The Morgan fingerprint density at radius 2 is 1.90 bits per heavy atom. The van der Waals surface area contributed by atoms with Gasteiger partial charge in [-0.25, -0.2) is 0 Å². The number of halogens is 1.